The van der Waals surface area contributed by atoms with Crippen molar-refractivity contribution in [3.63, 3.8) is 0 Å². The molecule has 4 aromatic rings. The molecule has 5 rings (SSSR count). The fourth-order valence-electron chi connectivity index (χ4n) is 4.08. The SMILES string of the molecule is Nc1ncc(-c2cn[nH]c2C2CCNCC2)cc1-c1cc2ccc(F)c(Cl)c2cn1. The Morgan fingerprint density at radius 2 is 1.87 bits per heavy atom. The van der Waals surface area contributed by atoms with E-state index < -0.39 is 5.82 Å². The van der Waals surface area contributed by atoms with Crippen LogP contribution in [-0.2, 0) is 0 Å². The zero-order chi connectivity index (χ0) is 20.7. The minimum atomic E-state index is -0.465. The number of nitrogens with one attached hydrogen (secondary N) is 2. The van der Waals surface area contributed by atoms with Gasteiger partial charge in [-0.2, -0.15) is 5.10 Å². The van der Waals surface area contributed by atoms with Gasteiger partial charge in [0.25, 0.3) is 0 Å². The number of piperidine rings is 1. The minimum Gasteiger partial charge on any atom is -0.383 e. The lowest BCUT2D eigenvalue weighted by Gasteiger charge is -2.22. The molecule has 4 N–H and O–H groups in total. The first-order chi connectivity index (χ1) is 14.6. The highest BCUT2D eigenvalue weighted by molar-refractivity contribution is 6.35. The molecule has 4 heterocycles. The molecule has 30 heavy (non-hydrogen) atoms. The summed E-state index contributed by atoms with van der Waals surface area (Å²) in [5, 5.41) is 12.3. The fraction of sp³-hybridized carbons (Fsp3) is 0.227. The van der Waals surface area contributed by atoms with E-state index in [1.54, 1.807) is 18.5 Å². The molecule has 1 fully saturated rings. The molecule has 0 amide bonds. The Hall–Kier alpha value is -3.03. The number of nitrogens with zero attached hydrogens (tertiary/aromatic N) is 3. The topological polar surface area (TPSA) is 92.5 Å². The lowest BCUT2D eigenvalue weighted by molar-refractivity contribution is 0.453. The van der Waals surface area contributed by atoms with Gasteiger partial charge in [0.05, 0.1) is 16.9 Å². The highest BCUT2D eigenvalue weighted by atomic mass is 35.5. The van der Waals surface area contributed by atoms with Crippen LogP contribution in [0.2, 0.25) is 5.02 Å². The summed E-state index contributed by atoms with van der Waals surface area (Å²) in [4.78, 5) is 8.88. The average Bonchev–Trinajstić information content (AvgIpc) is 3.27. The Bertz CT molecular complexity index is 1230. The lowest BCUT2D eigenvalue weighted by Crippen LogP contribution is -2.27. The van der Waals surface area contributed by atoms with Crippen molar-refractivity contribution < 1.29 is 4.39 Å². The molecule has 1 aromatic carbocycles. The van der Waals surface area contributed by atoms with E-state index in [0.717, 1.165) is 48.1 Å². The molecule has 0 unspecified atom stereocenters. The molecular formula is C22H20ClFN6. The van der Waals surface area contributed by atoms with Gasteiger partial charge in [-0.25, -0.2) is 9.37 Å². The van der Waals surface area contributed by atoms with Gasteiger partial charge in [-0.1, -0.05) is 17.7 Å². The number of nitrogen functional groups attached to an aromatic ring is 1. The van der Waals surface area contributed by atoms with Crippen LogP contribution < -0.4 is 11.1 Å². The van der Waals surface area contributed by atoms with Crippen LogP contribution in [0.25, 0.3) is 33.2 Å². The lowest BCUT2D eigenvalue weighted by atomic mass is 9.90. The Balaban J connectivity index is 1.58. The number of pyridine rings is 2. The van der Waals surface area contributed by atoms with Gasteiger partial charge < -0.3 is 11.1 Å². The molecular weight excluding hydrogens is 403 g/mol. The third kappa shape index (κ3) is 3.30. The summed E-state index contributed by atoms with van der Waals surface area (Å²) in [7, 11) is 0. The molecule has 3 aromatic heterocycles. The van der Waals surface area contributed by atoms with E-state index in [9.17, 15) is 4.39 Å². The number of hydrogen-bond acceptors (Lipinski definition) is 5. The number of nitrogens with two attached hydrogens (primary N) is 1. The Morgan fingerprint density at radius 3 is 2.70 bits per heavy atom. The van der Waals surface area contributed by atoms with E-state index in [-0.39, 0.29) is 5.02 Å². The quantitative estimate of drug-likeness (QED) is 0.451. The van der Waals surface area contributed by atoms with Crippen molar-refractivity contribution in [1.82, 2.24) is 25.5 Å². The van der Waals surface area contributed by atoms with Gasteiger partial charge in [0.2, 0.25) is 0 Å². The molecule has 6 nitrogen and oxygen atoms in total. The summed E-state index contributed by atoms with van der Waals surface area (Å²) in [5.74, 6) is 0.346. The number of anilines is 1. The molecule has 8 heteroatoms. The molecule has 0 radical (unpaired) electrons. The van der Waals surface area contributed by atoms with Crippen molar-refractivity contribution >= 4 is 28.2 Å². The van der Waals surface area contributed by atoms with E-state index in [0.29, 0.717) is 28.4 Å². The third-order valence-corrected chi connectivity index (χ3v) is 6.10. The number of fused-ring (bicyclic) bond motifs is 1. The second kappa shape index (κ2) is 7.66. The number of rotatable bonds is 3. The molecule has 0 saturated carbocycles. The fourth-order valence-corrected chi connectivity index (χ4v) is 4.30. The van der Waals surface area contributed by atoms with Crippen molar-refractivity contribution in [3.05, 3.63) is 59.4 Å². The van der Waals surface area contributed by atoms with E-state index in [2.05, 4.69) is 25.5 Å². The number of aromatic nitrogens is 4. The van der Waals surface area contributed by atoms with Crippen LogP contribution in [0, 0.1) is 5.82 Å². The largest absolute Gasteiger partial charge is 0.383 e. The summed E-state index contributed by atoms with van der Waals surface area (Å²) < 4.78 is 13.7. The standard InChI is InChI=1S/C22H20ClFN6/c23-20-16-10-27-19(8-13(16)1-2-18(20)24)15-7-14(9-28-22(15)25)17-11-29-30-21(17)12-3-5-26-6-4-12/h1-2,7-12,26H,3-6H2,(H2,25,28)(H,29,30). The number of hydrogen-bond donors (Lipinski definition) is 3. The van der Waals surface area contributed by atoms with Crippen LogP contribution >= 0.6 is 11.6 Å². The van der Waals surface area contributed by atoms with Gasteiger partial charge in [-0.15, -0.1) is 0 Å². The van der Waals surface area contributed by atoms with Crippen LogP contribution in [0.1, 0.15) is 24.5 Å². The maximum Gasteiger partial charge on any atom is 0.142 e. The average molecular weight is 423 g/mol. The highest BCUT2D eigenvalue weighted by Crippen LogP contribution is 2.36. The van der Waals surface area contributed by atoms with E-state index in [1.165, 1.54) is 6.07 Å². The molecule has 0 spiro atoms. The van der Waals surface area contributed by atoms with Crippen molar-refractivity contribution in [1.29, 1.82) is 0 Å². The van der Waals surface area contributed by atoms with Gasteiger partial charge >= 0.3 is 0 Å². The summed E-state index contributed by atoms with van der Waals surface area (Å²) in [6.07, 6.45) is 7.30. The first kappa shape index (κ1) is 19.0. The van der Waals surface area contributed by atoms with Gasteiger partial charge in [-0.3, -0.25) is 10.1 Å². The molecule has 0 atom stereocenters. The third-order valence-electron chi connectivity index (χ3n) is 5.71. The van der Waals surface area contributed by atoms with E-state index >= 15 is 0 Å². The molecule has 0 bridgehead atoms. The summed E-state index contributed by atoms with van der Waals surface area (Å²) in [5.41, 5.74) is 10.6. The highest BCUT2D eigenvalue weighted by Gasteiger charge is 2.21. The maximum atomic E-state index is 13.7. The molecule has 0 aliphatic carbocycles. The van der Waals surface area contributed by atoms with Crippen molar-refractivity contribution in [2.24, 2.45) is 0 Å². The first-order valence-corrected chi connectivity index (χ1v) is 10.2. The summed E-state index contributed by atoms with van der Waals surface area (Å²) >= 11 is 6.07. The predicted molar refractivity (Wildman–Crippen MR) is 117 cm³/mol. The normalized spacial score (nSPS) is 15.0. The van der Waals surface area contributed by atoms with Crippen molar-refractivity contribution in [3.8, 4) is 22.4 Å². The number of H-pyrrole nitrogens is 1. The predicted octanol–water partition coefficient (Wildman–Crippen LogP) is 4.53. The van der Waals surface area contributed by atoms with Crippen LogP contribution in [0.15, 0.2) is 42.9 Å². The van der Waals surface area contributed by atoms with Crippen molar-refractivity contribution in [2.45, 2.75) is 18.8 Å². The van der Waals surface area contributed by atoms with Crippen LogP contribution in [0.5, 0.6) is 0 Å². The van der Waals surface area contributed by atoms with Crippen LogP contribution in [0.4, 0.5) is 10.2 Å². The van der Waals surface area contributed by atoms with Crippen molar-refractivity contribution in [2.75, 3.05) is 18.8 Å². The van der Waals surface area contributed by atoms with Crippen LogP contribution in [0.3, 0.4) is 0 Å². The Kier molecular flexibility index (Phi) is 4.84. The van der Waals surface area contributed by atoms with E-state index in [1.807, 2.05) is 18.3 Å². The monoisotopic (exact) mass is 422 g/mol. The maximum absolute atomic E-state index is 13.7. The Labute approximate surface area is 177 Å². The second-order valence-corrected chi connectivity index (χ2v) is 7.91. The molecule has 1 aliphatic heterocycles. The molecule has 1 aliphatic rings. The van der Waals surface area contributed by atoms with Gasteiger partial charge in [0, 0.05) is 46.1 Å². The smallest absolute Gasteiger partial charge is 0.142 e. The number of benzene rings is 1. The zero-order valence-corrected chi connectivity index (χ0v) is 16.9. The van der Waals surface area contributed by atoms with Gasteiger partial charge in [0.1, 0.15) is 11.6 Å². The van der Waals surface area contributed by atoms with E-state index in [4.69, 9.17) is 17.3 Å². The molecule has 1 saturated heterocycles. The Morgan fingerprint density at radius 1 is 1.03 bits per heavy atom. The zero-order valence-electron chi connectivity index (χ0n) is 16.1. The first-order valence-electron chi connectivity index (χ1n) is 9.86. The number of aromatic amines is 1. The minimum absolute atomic E-state index is 0.0661. The molecule has 152 valence electrons. The summed E-state index contributed by atoms with van der Waals surface area (Å²) in [6, 6.07) is 6.86. The van der Waals surface area contributed by atoms with Gasteiger partial charge in [0.15, 0.2) is 0 Å². The van der Waals surface area contributed by atoms with Gasteiger partial charge in [-0.05, 0) is 49.5 Å². The second-order valence-electron chi connectivity index (χ2n) is 7.53. The number of halogens is 2. The van der Waals surface area contributed by atoms with Crippen LogP contribution in [-0.4, -0.2) is 33.3 Å². The summed E-state index contributed by atoms with van der Waals surface area (Å²) in [6.45, 7) is 2.00.